The van der Waals surface area contributed by atoms with Gasteiger partial charge in [-0.15, -0.1) is 0 Å². The lowest BCUT2D eigenvalue weighted by atomic mass is 10.1. The molecule has 0 aromatic rings. The second kappa shape index (κ2) is 4.72. The summed E-state index contributed by atoms with van der Waals surface area (Å²) >= 11 is 0. The molecule has 0 radical (unpaired) electrons. The summed E-state index contributed by atoms with van der Waals surface area (Å²) in [6.07, 6.45) is 0. The van der Waals surface area contributed by atoms with Gasteiger partial charge >= 0.3 is 5.97 Å². The normalized spacial score (nSPS) is 16.6. The summed E-state index contributed by atoms with van der Waals surface area (Å²) in [6, 6.07) is -0.639. The van der Waals surface area contributed by atoms with Crippen molar-refractivity contribution in [2.75, 3.05) is 14.1 Å². The second-order valence-electron chi connectivity index (χ2n) is 3.32. The van der Waals surface area contributed by atoms with Gasteiger partial charge in [-0.2, -0.15) is 17.4 Å². The first-order valence-electron chi connectivity index (χ1n) is 4.11. The molecule has 0 fully saturated rings. The van der Waals surface area contributed by atoms with Crippen molar-refractivity contribution in [1.29, 1.82) is 0 Å². The van der Waals surface area contributed by atoms with E-state index in [0.29, 0.717) is 0 Å². The Morgan fingerprint density at radius 2 is 1.79 bits per heavy atom. The Morgan fingerprint density at radius 3 is 2.07 bits per heavy atom. The van der Waals surface area contributed by atoms with Gasteiger partial charge in [-0.25, -0.2) is 0 Å². The molecule has 0 spiro atoms. The topological polar surface area (TPSA) is 86.7 Å². The summed E-state index contributed by atoms with van der Waals surface area (Å²) < 4.78 is 25.8. The Bertz CT molecular complexity index is 299. The van der Waals surface area contributed by atoms with Crippen LogP contribution < -0.4 is 4.72 Å². The molecule has 0 aliphatic carbocycles. The largest absolute Gasteiger partial charge is 0.481 e. The lowest BCUT2D eigenvalue weighted by Crippen LogP contribution is -2.45. The first kappa shape index (κ1) is 13.3. The van der Waals surface area contributed by atoms with Gasteiger partial charge in [-0.1, -0.05) is 6.92 Å². The molecule has 0 bridgehead atoms. The number of carbonyl (C=O) groups is 1. The van der Waals surface area contributed by atoms with Crippen molar-refractivity contribution in [3.8, 4) is 0 Å². The summed E-state index contributed by atoms with van der Waals surface area (Å²) in [6.45, 7) is 2.96. The highest BCUT2D eigenvalue weighted by molar-refractivity contribution is 7.87. The molecule has 0 aliphatic rings. The van der Waals surface area contributed by atoms with Crippen LogP contribution in [-0.4, -0.2) is 43.9 Å². The van der Waals surface area contributed by atoms with Crippen LogP contribution in [0.3, 0.4) is 0 Å². The molecule has 2 unspecified atom stereocenters. The number of hydrogen-bond acceptors (Lipinski definition) is 3. The Morgan fingerprint density at radius 1 is 1.36 bits per heavy atom. The maximum absolute atomic E-state index is 11.3. The fourth-order valence-corrected chi connectivity index (χ4v) is 1.54. The van der Waals surface area contributed by atoms with Crippen molar-refractivity contribution in [3.05, 3.63) is 0 Å². The summed E-state index contributed by atoms with van der Waals surface area (Å²) in [5.41, 5.74) is 0. The van der Waals surface area contributed by atoms with E-state index in [0.717, 1.165) is 4.31 Å². The lowest BCUT2D eigenvalue weighted by Gasteiger charge is -2.20. The molecular weight excluding hydrogens is 208 g/mol. The number of carboxylic acids is 1. The predicted molar refractivity (Wildman–Crippen MR) is 52.0 cm³/mol. The van der Waals surface area contributed by atoms with Crippen LogP contribution in [-0.2, 0) is 15.0 Å². The van der Waals surface area contributed by atoms with E-state index in [1.165, 1.54) is 27.9 Å². The number of hydrogen-bond donors (Lipinski definition) is 2. The molecule has 0 heterocycles. The smallest absolute Gasteiger partial charge is 0.307 e. The summed E-state index contributed by atoms with van der Waals surface area (Å²) in [7, 11) is -0.805. The van der Waals surface area contributed by atoms with Crippen LogP contribution in [0.25, 0.3) is 0 Å². The fraction of sp³-hybridized carbons (Fsp3) is 0.857. The molecule has 14 heavy (non-hydrogen) atoms. The van der Waals surface area contributed by atoms with Crippen molar-refractivity contribution >= 4 is 16.2 Å². The molecule has 0 aromatic heterocycles. The summed E-state index contributed by atoms with van der Waals surface area (Å²) in [4.78, 5) is 10.5. The van der Waals surface area contributed by atoms with Crippen molar-refractivity contribution < 1.29 is 18.3 Å². The molecule has 84 valence electrons. The van der Waals surface area contributed by atoms with E-state index in [4.69, 9.17) is 5.11 Å². The van der Waals surface area contributed by atoms with E-state index in [9.17, 15) is 13.2 Å². The molecule has 0 saturated heterocycles. The summed E-state index contributed by atoms with van der Waals surface area (Å²) in [5, 5.41) is 8.64. The Kier molecular flexibility index (Phi) is 4.50. The highest BCUT2D eigenvalue weighted by Crippen LogP contribution is 2.04. The highest BCUT2D eigenvalue weighted by Gasteiger charge is 2.24. The van der Waals surface area contributed by atoms with Gasteiger partial charge in [0.05, 0.1) is 5.92 Å². The maximum Gasteiger partial charge on any atom is 0.307 e. The maximum atomic E-state index is 11.3. The highest BCUT2D eigenvalue weighted by atomic mass is 32.2. The van der Waals surface area contributed by atoms with Crippen molar-refractivity contribution in [3.63, 3.8) is 0 Å². The van der Waals surface area contributed by atoms with Gasteiger partial charge in [0.25, 0.3) is 10.2 Å². The number of carboxylic acid groups (broad SMARTS) is 1. The van der Waals surface area contributed by atoms with Gasteiger partial charge in [0.1, 0.15) is 0 Å². The third-order valence-electron chi connectivity index (χ3n) is 1.96. The van der Waals surface area contributed by atoms with Crippen LogP contribution in [0.2, 0.25) is 0 Å². The Hall–Kier alpha value is -0.660. The van der Waals surface area contributed by atoms with Crippen molar-refractivity contribution in [1.82, 2.24) is 9.03 Å². The van der Waals surface area contributed by atoms with Gasteiger partial charge in [0.15, 0.2) is 0 Å². The molecule has 6 nitrogen and oxygen atoms in total. The molecule has 0 saturated carbocycles. The Labute approximate surface area is 84.1 Å². The van der Waals surface area contributed by atoms with Crippen molar-refractivity contribution in [2.45, 2.75) is 19.9 Å². The molecule has 0 amide bonds. The minimum Gasteiger partial charge on any atom is -0.481 e. The van der Waals surface area contributed by atoms with Gasteiger partial charge in [-0.3, -0.25) is 4.79 Å². The molecule has 2 N–H and O–H groups in total. The number of nitrogens with zero attached hydrogens (tertiary/aromatic N) is 1. The molecule has 2 atom stereocenters. The van der Waals surface area contributed by atoms with Crippen molar-refractivity contribution in [2.24, 2.45) is 5.92 Å². The minimum absolute atomic E-state index is 0.639. The molecule has 0 aromatic carbocycles. The van der Waals surface area contributed by atoms with E-state index < -0.39 is 28.1 Å². The van der Waals surface area contributed by atoms with Crippen LogP contribution in [0.15, 0.2) is 0 Å². The van der Waals surface area contributed by atoms with Gasteiger partial charge < -0.3 is 5.11 Å². The van der Waals surface area contributed by atoms with Crippen LogP contribution in [0.4, 0.5) is 0 Å². The number of nitrogens with one attached hydrogen (secondary N) is 1. The second-order valence-corrected chi connectivity index (χ2v) is 5.24. The standard InChI is InChI=1S/C7H16N2O4S/c1-5(7(10)11)6(2)8-14(12,13)9(3)4/h5-6,8H,1-4H3,(H,10,11). The van der Waals surface area contributed by atoms with E-state index >= 15 is 0 Å². The third-order valence-corrected chi connectivity index (χ3v) is 3.59. The molecular formula is C7H16N2O4S. The molecule has 0 aliphatic heterocycles. The van der Waals surface area contributed by atoms with Gasteiger partial charge in [0.2, 0.25) is 0 Å². The zero-order chi connectivity index (χ0) is 11.5. The zero-order valence-corrected chi connectivity index (χ0v) is 9.50. The van der Waals surface area contributed by atoms with Gasteiger partial charge in [0, 0.05) is 20.1 Å². The zero-order valence-electron chi connectivity index (χ0n) is 8.68. The number of aliphatic carboxylic acids is 1. The minimum atomic E-state index is -3.56. The van der Waals surface area contributed by atoms with E-state index in [-0.39, 0.29) is 0 Å². The first-order valence-corrected chi connectivity index (χ1v) is 5.55. The predicted octanol–water partition coefficient (Wildman–Crippen LogP) is -0.508. The van der Waals surface area contributed by atoms with E-state index in [2.05, 4.69) is 4.72 Å². The van der Waals surface area contributed by atoms with Crippen LogP contribution in [0.5, 0.6) is 0 Å². The van der Waals surface area contributed by atoms with E-state index in [1.807, 2.05) is 0 Å². The quantitative estimate of drug-likeness (QED) is 0.658. The SMILES string of the molecule is CC(NS(=O)(=O)N(C)C)C(C)C(=O)O. The van der Waals surface area contributed by atoms with Crippen LogP contribution in [0, 0.1) is 5.92 Å². The average Bonchev–Trinajstić information content (AvgIpc) is 2.01. The monoisotopic (exact) mass is 224 g/mol. The fourth-order valence-electron chi connectivity index (χ4n) is 0.656. The summed E-state index contributed by atoms with van der Waals surface area (Å²) in [5.74, 6) is -1.79. The molecule has 7 heteroatoms. The van der Waals surface area contributed by atoms with Gasteiger partial charge in [-0.05, 0) is 6.92 Å². The van der Waals surface area contributed by atoms with Crippen LogP contribution >= 0.6 is 0 Å². The lowest BCUT2D eigenvalue weighted by molar-refractivity contribution is -0.141. The first-order chi connectivity index (χ1) is 6.18. The average molecular weight is 224 g/mol. The molecule has 0 rings (SSSR count). The number of rotatable bonds is 5. The Balaban J connectivity index is 4.48. The van der Waals surface area contributed by atoms with Crippen LogP contribution in [0.1, 0.15) is 13.8 Å². The van der Waals surface area contributed by atoms with E-state index in [1.54, 1.807) is 0 Å². The third kappa shape index (κ3) is 3.60.